The van der Waals surface area contributed by atoms with Crippen molar-refractivity contribution in [2.24, 2.45) is 23.3 Å². The van der Waals surface area contributed by atoms with E-state index in [1.54, 1.807) is 104 Å². The van der Waals surface area contributed by atoms with Crippen LogP contribution in [0.15, 0.2) is 133 Å². The van der Waals surface area contributed by atoms with Crippen molar-refractivity contribution >= 4 is 70.8 Å². The van der Waals surface area contributed by atoms with E-state index in [9.17, 15) is 58.2 Å². The minimum Gasteiger partial charge on any atom is -0.508 e. The van der Waals surface area contributed by atoms with Crippen molar-refractivity contribution in [3.05, 3.63) is 161 Å². The van der Waals surface area contributed by atoms with E-state index in [1.165, 1.54) is 49.9 Å². The number of hydrogen-bond donors (Lipinski definition) is 14. The van der Waals surface area contributed by atoms with Crippen molar-refractivity contribution in [1.82, 2.24) is 53.2 Å². The number of thioether (sulfide) groups is 1. The van der Waals surface area contributed by atoms with Crippen LogP contribution in [0.1, 0.15) is 82.2 Å². The summed E-state index contributed by atoms with van der Waals surface area (Å²) in [6.45, 7) is 9.05. The Labute approximate surface area is 552 Å². The van der Waals surface area contributed by atoms with E-state index in [-0.39, 0.29) is 67.6 Å². The van der Waals surface area contributed by atoms with Gasteiger partial charge in [0, 0.05) is 24.3 Å². The number of phenolic OH excluding ortho intramolecular Hbond substituents is 2. The second-order valence-electron chi connectivity index (χ2n) is 23.8. The fraction of sp³-hybridized carbons (Fsp3) is 0.412. The van der Waals surface area contributed by atoms with Crippen LogP contribution in [0.4, 0.5) is 0 Å². The van der Waals surface area contributed by atoms with Gasteiger partial charge in [0.1, 0.15) is 59.7 Å². The molecule has 0 spiro atoms. The van der Waals surface area contributed by atoms with Crippen molar-refractivity contribution in [2.45, 2.75) is 140 Å². The zero-order chi connectivity index (χ0) is 68.9. The van der Waals surface area contributed by atoms with Crippen LogP contribution in [-0.4, -0.2) is 150 Å². The van der Waals surface area contributed by atoms with Gasteiger partial charge in [-0.15, -0.1) is 0 Å². The van der Waals surface area contributed by atoms with Gasteiger partial charge in [-0.05, 0) is 116 Å². The fourth-order valence-electron chi connectivity index (χ4n) is 9.61. The number of aromatic hydroxyl groups is 2. The molecule has 25 nitrogen and oxygen atoms in total. The number of carbonyl (C=O) groups excluding carboxylic acids is 10. The third kappa shape index (κ3) is 27.0. The summed E-state index contributed by atoms with van der Waals surface area (Å²) in [6, 6.07) is 28.0. The quantitative estimate of drug-likeness (QED) is 0.0252. The Morgan fingerprint density at radius 3 is 1.12 bits per heavy atom. The average Bonchev–Trinajstić information content (AvgIpc) is 1.14. The first-order chi connectivity index (χ1) is 44.7. The summed E-state index contributed by atoms with van der Waals surface area (Å²) in [7, 11) is 1.55. The van der Waals surface area contributed by atoms with Gasteiger partial charge in [-0.3, -0.25) is 47.9 Å². The number of hydrogen-bond acceptors (Lipinski definition) is 16. The summed E-state index contributed by atoms with van der Waals surface area (Å²) in [5, 5.41) is 46.1. The summed E-state index contributed by atoms with van der Waals surface area (Å²) >= 11 is 1.38. The van der Waals surface area contributed by atoms with Gasteiger partial charge >= 0.3 is 0 Å². The molecular weight excluding hydrogens is 1220 g/mol. The van der Waals surface area contributed by atoms with Crippen LogP contribution in [0.3, 0.4) is 0 Å². The molecule has 0 saturated heterocycles. The monoisotopic (exact) mass is 1310 g/mol. The number of nitrogens with one attached hydrogen (secondary N) is 10. The van der Waals surface area contributed by atoms with Crippen molar-refractivity contribution in [3.63, 3.8) is 0 Å². The van der Waals surface area contributed by atoms with Gasteiger partial charge < -0.3 is 79.6 Å². The lowest BCUT2D eigenvalue weighted by Gasteiger charge is -2.29. The molecule has 0 bridgehead atoms. The van der Waals surface area contributed by atoms with Crippen LogP contribution in [0.5, 0.6) is 17.2 Å². The topological polar surface area (TPSA) is 393 Å². The van der Waals surface area contributed by atoms with Crippen LogP contribution in [0.25, 0.3) is 0 Å². The molecule has 0 aliphatic carbocycles. The van der Waals surface area contributed by atoms with E-state index in [0.29, 0.717) is 33.8 Å². The van der Waals surface area contributed by atoms with E-state index < -0.39 is 127 Å². The molecule has 0 saturated carbocycles. The van der Waals surface area contributed by atoms with Crippen LogP contribution in [0, 0.1) is 11.8 Å². The van der Waals surface area contributed by atoms with E-state index in [0.717, 1.165) is 5.56 Å². The van der Waals surface area contributed by atoms with Gasteiger partial charge in [-0.25, -0.2) is 0 Å². The number of ether oxygens (including phenoxy) is 1. The molecule has 0 radical (unpaired) electrons. The van der Waals surface area contributed by atoms with E-state index >= 15 is 0 Å². The number of carbonyl (C=O) groups is 10. The van der Waals surface area contributed by atoms with Crippen molar-refractivity contribution in [1.29, 1.82) is 0 Å². The van der Waals surface area contributed by atoms with Gasteiger partial charge in [0.15, 0.2) is 0 Å². The van der Waals surface area contributed by atoms with Gasteiger partial charge in [0.25, 0.3) is 0 Å². The zero-order valence-corrected chi connectivity index (χ0v) is 54.9. The van der Waals surface area contributed by atoms with Crippen LogP contribution in [-0.2, 0) is 79.4 Å². The average molecular weight is 1320 g/mol. The first-order valence-corrected chi connectivity index (χ1v) is 32.2. The lowest BCUT2D eigenvalue weighted by molar-refractivity contribution is -0.134. The van der Waals surface area contributed by atoms with E-state index in [4.69, 9.17) is 16.2 Å². The molecule has 5 aromatic rings. The summed E-state index contributed by atoms with van der Waals surface area (Å²) in [4.78, 5) is 138. The Morgan fingerprint density at radius 2 is 0.755 bits per heavy atom. The molecule has 26 heteroatoms. The second-order valence-corrected chi connectivity index (χ2v) is 24.8. The lowest BCUT2D eigenvalue weighted by atomic mass is 10.0. The Bertz CT molecular complexity index is 3100. The highest BCUT2D eigenvalue weighted by Crippen LogP contribution is 2.19. The summed E-state index contributed by atoms with van der Waals surface area (Å²) in [5.41, 5.74) is 15.8. The van der Waals surface area contributed by atoms with Crippen LogP contribution in [0.2, 0.25) is 0 Å². The molecule has 0 aliphatic heterocycles. The molecule has 506 valence electrons. The maximum atomic E-state index is 14.7. The predicted octanol–water partition coefficient (Wildman–Crippen LogP) is 1.80. The molecule has 0 fully saturated rings. The molecule has 0 aliphatic rings. The number of methoxy groups -OCH3 is 1. The molecule has 0 aromatic heterocycles. The van der Waals surface area contributed by atoms with Crippen molar-refractivity contribution < 1.29 is 62.9 Å². The van der Waals surface area contributed by atoms with Gasteiger partial charge in [0.05, 0.1) is 32.3 Å². The minimum atomic E-state index is -1.27. The highest BCUT2D eigenvalue weighted by atomic mass is 32.2. The molecule has 5 aromatic carbocycles. The van der Waals surface area contributed by atoms with Crippen LogP contribution < -0.4 is 69.4 Å². The molecule has 0 heterocycles. The standard InChI is InChI=1S/C68H90N12O13S/c1-40(2)30-54(77-65(89)56(34-44-14-10-8-11-15-44)75-59(83)36-71-61(85)42(5)73-63(87)52(69)32-46-18-24-49(81)25-19-46)67(91)79-58(39-94-38-48-22-28-51(93-7)29-23-48)80-68(92)55(31-41(3)4)78-66(90)57(35-45-16-12-9-13-17-45)76-60(84)37-72-62(86)43(6)74-64(88)53(70)33-47-20-26-50(82)27-21-47/h8-29,40-43,52-58,81-82H,30-39,69-70H2,1-7H3,(H,71,85)(H,72,86)(H,73,87)(H,74,88)(H,75,83)(H,76,84)(H,77,89)(H,78,90)(H,79,91)(H,80,92)/t42-,43-,52+,53+,54+,55+,56+,57+/m1/s1. The molecule has 10 amide bonds. The summed E-state index contributed by atoms with van der Waals surface area (Å²) < 4.78 is 5.33. The molecule has 94 heavy (non-hydrogen) atoms. The number of amides is 10. The fourth-order valence-corrected chi connectivity index (χ4v) is 10.6. The van der Waals surface area contributed by atoms with Gasteiger partial charge in [-0.1, -0.05) is 125 Å². The lowest BCUT2D eigenvalue weighted by Crippen LogP contribution is -2.61. The molecule has 0 unspecified atom stereocenters. The number of phenols is 2. The normalized spacial score (nSPS) is 13.7. The SMILES string of the molecule is COc1ccc(CSCC(NC(=O)[C@H](CC(C)C)NC(=O)[C@H](Cc2ccccc2)NC(=O)CNC(=O)[C@@H](C)NC(=O)[C@@H](N)Cc2ccc(O)cc2)NC(=O)[C@H](CC(C)C)NC(=O)[C@H](Cc2ccccc2)NC(=O)CNC(=O)[C@@H](C)NC(=O)[C@@H](N)Cc2ccc(O)cc2)cc1. The number of nitrogens with two attached hydrogens (primary N) is 2. The Hall–Kier alpha value is -9.53. The van der Waals surface area contributed by atoms with E-state index in [2.05, 4.69) is 53.2 Å². The summed E-state index contributed by atoms with van der Waals surface area (Å²) in [5.74, 6) is -6.08. The molecule has 8 atom stereocenters. The maximum absolute atomic E-state index is 14.7. The third-order valence-electron chi connectivity index (χ3n) is 14.7. The predicted molar refractivity (Wildman–Crippen MR) is 357 cm³/mol. The molecular formula is C68H90N12O13S. The zero-order valence-electron chi connectivity index (χ0n) is 54.1. The van der Waals surface area contributed by atoms with E-state index in [1.807, 2.05) is 39.8 Å². The van der Waals surface area contributed by atoms with Gasteiger partial charge in [-0.2, -0.15) is 11.8 Å². The Morgan fingerprint density at radius 1 is 0.404 bits per heavy atom. The highest BCUT2D eigenvalue weighted by molar-refractivity contribution is 7.98. The molecule has 16 N–H and O–H groups in total. The highest BCUT2D eigenvalue weighted by Gasteiger charge is 2.33. The Kier molecular flexibility index (Phi) is 30.8. The first kappa shape index (κ1) is 75.2. The van der Waals surface area contributed by atoms with Gasteiger partial charge in [0.2, 0.25) is 59.1 Å². The number of benzene rings is 5. The third-order valence-corrected chi connectivity index (χ3v) is 15.8. The first-order valence-electron chi connectivity index (χ1n) is 31.1. The largest absolute Gasteiger partial charge is 0.508 e. The Balaban J connectivity index is 1.29. The molecule has 5 rings (SSSR count). The second kappa shape index (κ2) is 38.5. The van der Waals surface area contributed by atoms with Crippen molar-refractivity contribution in [3.8, 4) is 17.2 Å². The van der Waals surface area contributed by atoms with Crippen LogP contribution >= 0.6 is 11.8 Å². The van der Waals surface area contributed by atoms with Crippen molar-refractivity contribution in [2.75, 3.05) is 26.0 Å². The minimum absolute atomic E-state index is 0.0226. The smallest absolute Gasteiger partial charge is 0.244 e. The maximum Gasteiger partial charge on any atom is 0.244 e. The summed E-state index contributed by atoms with van der Waals surface area (Å²) in [6.07, 6.45) is -0.687. The number of rotatable bonds is 37.